The number of likely N-dealkylation sites (tertiary alicyclic amines) is 1. The minimum atomic E-state index is -4.87. The van der Waals surface area contributed by atoms with Crippen LogP contribution in [-0.2, 0) is 9.59 Å². The number of hydrogen-bond acceptors (Lipinski definition) is 3. The van der Waals surface area contributed by atoms with Crippen molar-refractivity contribution in [1.82, 2.24) is 4.90 Å². The van der Waals surface area contributed by atoms with E-state index in [0.29, 0.717) is 19.4 Å². The zero-order valence-electron chi connectivity index (χ0n) is 11.2. The molecule has 116 valence electrons. The fourth-order valence-corrected chi connectivity index (χ4v) is 2.38. The Morgan fingerprint density at radius 2 is 2.05 bits per heavy atom. The van der Waals surface area contributed by atoms with Crippen LogP contribution < -0.4 is 5.73 Å². The predicted octanol–water partition coefficient (Wildman–Crippen LogP) is 1.23. The number of nitrogens with zero attached hydrogens (tertiary/aromatic N) is 1. The lowest BCUT2D eigenvalue weighted by molar-refractivity contribution is -0.227. The Morgan fingerprint density at radius 3 is 2.45 bits per heavy atom. The van der Waals surface area contributed by atoms with Gasteiger partial charge in [-0.25, -0.2) is 0 Å². The summed E-state index contributed by atoms with van der Waals surface area (Å²) in [6.07, 6.45) is -4.38. The summed E-state index contributed by atoms with van der Waals surface area (Å²) < 4.78 is 38.9. The molecule has 1 saturated heterocycles. The maximum atomic E-state index is 13.0. The highest BCUT2D eigenvalue weighted by Crippen LogP contribution is 2.46. The molecule has 1 aliphatic heterocycles. The molecule has 0 aliphatic carbocycles. The van der Waals surface area contributed by atoms with Gasteiger partial charge in [0.15, 0.2) is 5.41 Å². The van der Waals surface area contributed by atoms with E-state index in [1.165, 1.54) is 0 Å². The van der Waals surface area contributed by atoms with Gasteiger partial charge in [-0.15, -0.1) is 0 Å². The van der Waals surface area contributed by atoms with Crippen LogP contribution in [0.4, 0.5) is 13.2 Å². The number of nitrogens with two attached hydrogens (primary N) is 1. The van der Waals surface area contributed by atoms with Gasteiger partial charge in [0.1, 0.15) is 0 Å². The number of halogens is 3. The van der Waals surface area contributed by atoms with E-state index in [2.05, 4.69) is 0 Å². The first kappa shape index (κ1) is 16.7. The molecular formula is C12H19F3N2O3. The standard InChI is InChI=1S/C12H19F3N2O3/c1-8(3-2-5-16)9(18)17-6-4-11(7-17,10(19)20)12(13,14)15/h8H,2-7,16H2,1H3,(H,19,20). The summed E-state index contributed by atoms with van der Waals surface area (Å²) >= 11 is 0. The number of alkyl halides is 3. The highest BCUT2D eigenvalue weighted by molar-refractivity contribution is 5.82. The van der Waals surface area contributed by atoms with Gasteiger partial charge in [-0.3, -0.25) is 9.59 Å². The SMILES string of the molecule is CC(CCCN)C(=O)N1CCC(C(=O)O)(C(F)(F)F)C1. The molecule has 8 heteroatoms. The van der Waals surface area contributed by atoms with Crippen LogP contribution in [0.3, 0.4) is 0 Å². The Labute approximate surface area is 114 Å². The lowest BCUT2D eigenvalue weighted by atomic mass is 9.86. The average molecular weight is 296 g/mol. The summed E-state index contributed by atoms with van der Waals surface area (Å²) in [6.45, 7) is 1.03. The summed E-state index contributed by atoms with van der Waals surface area (Å²) in [5.74, 6) is -2.81. The Bertz CT molecular complexity index is 387. The van der Waals surface area contributed by atoms with Gasteiger partial charge in [0.2, 0.25) is 5.91 Å². The molecule has 2 atom stereocenters. The zero-order chi connectivity index (χ0) is 15.6. The first-order valence-electron chi connectivity index (χ1n) is 6.44. The third-order valence-corrected chi connectivity index (χ3v) is 3.80. The molecule has 0 aromatic carbocycles. The minimum absolute atomic E-state index is 0.183. The van der Waals surface area contributed by atoms with Crippen molar-refractivity contribution in [2.75, 3.05) is 19.6 Å². The van der Waals surface area contributed by atoms with Crippen molar-refractivity contribution in [2.45, 2.75) is 32.4 Å². The van der Waals surface area contributed by atoms with Crippen LogP contribution in [0.1, 0.15) is 26.2 Å². The van der Waals surface area contributed by atoms with Crippen molar-refractivity contribution in [2.24, 2.45) is 17.1 Å². The fraction of sp³-hybridized carbons (Fsp3) is 0.833. The first-order chi connectivity index (χ1) is 9.15. The molecular weight excluding hydrogens is 277 g/mol. The van der Waals surface area contributed by atoms with Gasteiger partial charge in [0.25, 0.3) is 0 Å². The van der Waals surface area contributed by atoms with Crippen LogP contribution in [0.5, 0.6) is 0 Å². The molecule has 20 heavy (non-hydrogen) atoms. The molecule has 0 spiro atoms. The predicted molar refractivity (Wildman–Crippen MR) is 64.8 cm³/mol. The van der Waals surface area contributed by atoms with E-state index in [9.17, 15) is 22.8 Å². The molecule has 0 aromatic heterocycles. The largest absolute Gasteiger partial charge is 0.481 e. The van der Waals surface area contributed by atoms with E-state index >= 15 is 0 Å². The van der Waals surface area contributed by atoms with Crippen LogP contribution in [0.25, 0.3) is 0 Å². The monoisotopic (exact) mass is 296 g/mol. The van der Waals surface area contributed by atoms with Gasteiger partial charge in [-0.2, -0.15) is 13.2 Å². The average Bonchev–Trinajstić information content (AvgIpc) is 2.80. The van der Waals surface area contributed by atoms with Gasteiger partial charge in [-0.1, -0.05) is 6.92 Å². The van der Waals surface area contributed by atoms with Crippen LogP contribution in [0, 0.1) is 11.3 Å². The second kappa shape index (κ2) is 5.99. The summed E-state index contributed by atoms with van der Waals surface area (Å²) in [5, 5.41) is 8.90. The molecule has 0 radical (unpaired) electrons. The van der Waals surface area contributed by atoms with Crippen LogP contribution in [-0.4, -0.2) is 47.7 Å². The van der Waals surface area contributed by atoms with Crippen molar-refractivity contribution in [3.8, 4) is 0 Å². The smallest absolute Gasteiger partial charge is 0.406 e. The molecule has 1 heterocycles. The third kappa shape index (κ3) is 3.05. The molecule has 0 bridgehead atoms. The quantitative estimate of drug-likeness (QED) is 0.799. The number of aliphatic carboxylic acids is 1. The lowest BCUT2D eigenvalue weighted by Crippen LogP contribution is -2.48. The highest BCUT2D eigenvalue weighted by atomic mass is 19.4. The molecule has 3 N–H and O–H groups in total. The van der Waals surface area contributed by atoms with Crippen LogP contribution >= 0.6 is 0 Å². The molecule has 5 nitrogen and oxygen atoms in total. The van der Waals surface area contributed by atoms with E-state index in [4.69, 9.17) is 10.8 Å². The van der Waals surface area contributed by atoms with Gasteiger partial charge >= 0.3 is 12.1 Å². The van der Waals surface area contributed by atoms with Gasteiger partial charge in [0.05, 0.1) is 0 Å². The zero-order valence-corrected chi connectivity index (χ0v) is 11.2. The summed E-state index contributed by atoms with van der Waals surface area (Å²) in [6, 6.07) is 0. The molecule has 1 rings (SSSR count). The second-order valence-corrected chi connectivity index (χ2v) is 5.23. The molecule has 1 aliphatic rings. The van der Waals surface area contributed by atoms with Crippen LogP contribution in [0.15, 0.2) is 0 Å². The lowest BCUT2D eigenvalue weighted by Gasteiger charge is -2.28. The molecule has 0 saturated carbocycles. The number of carbonyl (C=O) groups excluding carboxylic acids is 1. The number of hydrogen-bond donors (Lipinski definition) is 2. The number of carbonyl (C=O) groups is 2. The van der Waals surface area contributed by atoms with E-state index in [1.54, 1.807) is 6.92 Å². The van der Waals surface area contributed by atoms with E-state index < -0.39 is 42.4 Å². The number of carboxylic acids is 1. The second-order valence-electron chi connectivity index (χ2n) is 5.23. The minimum Gasteiger partial charge on any atom is -0.481 e. The van der Waals surface area contributed by atoms with E-state index in [-0.39, 0.29) is 6.54 Å². The first-order valence-corrected chi connectivity index (χ1v) is 6.44. The normalized spacial score (nSPS) is 24.8. The number of rotatable bonds is 5. The van der Waals surface area contributed by atoms with Crippen molar-refractivity contribution in [1.29, 1.82) is 0 Å². The van der Waals surface area contributed by atoms with Gasteiger partial charge in [0, 0.05) is 19.0 Å². The topological polar surface area (TPSA) is 83.6 Å². The Morgan fingerprint density at radius 1 is 1.45 bits per heavy atom. The van der Waals surface area contributed by atoms with E-state index in [1.807, 2.05) is 0 Å². The summed E-state index contributed by atoms with van der Waals surface area (Å²) in [7, 11) is 0. The van der Waals surface area contributed by atoms with Crippen molar-refractivity contribution in [3.05, 3.63) is 0 Å². The van der Waals surface area contributed by atoms with Crippen LogP contribution in [0.2, 0.25) is 0 Å². The molecule has 0 aromatic rings. The Kier molecular flexibility index (Phi) is 5.01. The molecule has 1 fully saturated rings. The molecule has 2 unspecified atom stereocenters. The maximum absolute atomic E-state index is 13.0. The van der Waals surface area contributed by atoms with Crippen molar-refractivity contribution >= 4 is 11.9 Å². The van der Waals surface area contributed by atoms with Crippen molar-refractivity contribution in [3.63, 3.8) is 0 Å². The fourth-order valence-electron chi connectivity index (χ4n) is 2.38. The number of amides is 1. The maximum Gasteiger partial charge on any atom is 0.406 e. The van der Waals surface area contributed by atoms with Gasteiger partial charge < -0.3 is 15.7 Å². The number of carboxylic acid groups (broad SMARTS) is 1. The highest BCUT2D eigenvalue weighted by Gasteiger charge is 2.64. The van der Waals surface area contributed by atoms with Crippen molar-refractivity contribution < 1.29 is 27.9 Å². The Hall–Kier alpha value is -1.31. The Balaban J connectivity index is 2.79. The van der Waals surface area contributed by atoms with Gasteiger partial charge in [-0.05, 0) is 25.8 Å². The van der Waals surface area contributed by atoms with E-state index in [0.717, 1.165) is 4.90 Å². The third-order valence-electron chi connectivity index (χ3n) is 3.80. The summed E-state index contributed by atoms with van der Waals surface area (Å²) in [5.41, 5.74) is 2.48. The summed E-state index contributed by atoms with van der Waals surface area (Å²) in [4.78, 5) is 24.0. The molecule has 1 amide bonds.